The summed E-state index contributed by atoms with van der Waals surface area (Å²) in [4.78, 5) is 12.6. The molecule has 20 heavy (non-hydrogen) atoms. The van der Waals surface area contributed by atoms with Crippen LogP contribution in [-0.4, -0.2) is 49.2 Å². The third-order valence-corrected chi connectivity index (χ3v) is 3.26. The van der Waals surface area contributed by atoms with Crippen LogP contribution in [0.3, 0.4) is 0 Å². The second kappa shape index (κ2) is 7.28. The zero-order valence-electron chi connectivity index (χ0n) is 11.2. The molecule has 1 fully saturated rings. The van der Waals surface area contributed by atoms with Crippen LogP contribution >= 0.6 is 0 Å². The smallest absolute Gasteiger partial charge is 0.274 e. The fraction of sp³-hybridized carbons (Fsp3) is 0.538. The molecule has 110 valence electrons. The lowest BCUT2D eigenvalue weighted by molar-refractivity contribution is -0.385. The van der Waals surface area contributed by atoms with Crippen LogP contribution in [-0.2, 0) is 11.3 Å². The molecular formula is C13H18FN3O3. The first-order chi connectivity index (χ1) is 9.66. The topological polar surface area (TPSA) is 67.6 Å². The van der Waals surface area contributed by atoms with E-state index >= 15 is 0 Å². The molecule has 0 bridgehead atoms. The number of nitro benzene ring substituents is 1. The molecule has 0 spiro atoms. The highest BCUT2D eigenvalue weighted by Crippen LogP contribution is 2.19. The fourth-order valence-electron chi connectivity index (χ4n) is 2.16. The number of hydrogen-bond acceptors (Lipinski definition) is 5. The first kappa shape index (κ1) is 14.8. The third kappa shape index (κ3) is 4.22. The number of benzene rings is 1. The van der Waals surface area contributed by atoms with Crippen LogP contribution in [0.25, 0.3) is 0 Å². The van der Waals surface area contributed by atoms with Gasteiger partial charge in [-0.2, -0.15) is 0 Å². The largest absolute Gasteiger partial charge is 0.379 e. The molecular weight excluding hydrogens is 265 g/mol. The van der Waals surface area contributed by atoms with Crippen molar-refractivity contribution in [1.29, 1.82) is 0 Å². The van der Waals surface area contributed by atoms with Crippen molar-refractivity contribution in [3.8, 4) is 0 Å². The van der Waals surface area contributed by atoms with Gasteiger partial charge in [-0.05, 0) is 12.1 Å². The molecule has 1 saturated heterocycles. The molecule has 0 unspecified atom stereocenters. The standard InChI is InChI=1S/C13H18FN3O3/c14-12-1-2-13(17(18)19)11(9-12)10-15-3-4-16-5-7-20-8-6-16/h1-2,9,15H,3-8,10H2. The predicted molar refractivity (Wildman–Crippen MR) is 72.0 cm³/mol. The predicted octanol–water partition coefficient (Wildman–Crippen LogP) is 1.16. The SMILES string of the molecule is O=[N+]([O-])c1ccc(F)cc1CNCCN1CCOCC1. The van der Waals surface area contributed by atoms with Gasteiger partial charge in [0.05, 0.1) is 18.1 Å². The second-order valence-corrected chi connectivity index (χ2v) is 4.66. The average Bonchev–Trinajstić information content (AvgIpc) is 2.44. The number of nitro groups is 1. The van der Waals surface area contributed by atoms with Crippen molar-refractivity contribution in [2.75, 3.05) is 39.4 Å². The van der Waals surface area contributed by atoms with E-state index in [1.165, 1.54) is 12.1 Å². The number of halogens is 1. The summed E-state index contributed by atoms with van der Waals surface area (Å²) < 4.78 is 18.4. The number of rotatable bonds is 6. The highest BCUT2D eigenvalue weighted by atomic mass is 19.1. The molecule has 0 atom stereocenters. The van der Waals surface area contributed by atoms with Gasteiger partial charge in [-0.15, -0.1) is 0 Å². The highest BCUT2D eigenvalue weighted by Gasteiger charge is 2.14. The average molecular weight is 283 g/mol. The Morgan fingerprint density at radius 2 is 2.15 bits per heavy atom. The van der Waals surface area contributed by atoms with E-state index in [1.807, 2.05) is 0 Å². The van der Waals surface area contributed by atoms with Gasteiger partial charge in [0.2, 0.25) is 0 Å². The summed E-state index contributed by atoms with van der Waals surface area (Å²) in [5.74, 6) is -0.458. The van der Waals surface area contributed by atoms with E-state index in [9.17, 15) is 14.5 Å². The lowest BCUT2D eigenvalue weighted by Gasteiger charge is -2.26. The van der Waals surface area contributed by atoms with Gasteiger partial charge >= 0.3 is 0 Å². The Morgan fingerprint density at radius 1 is 1.40 bits per heavy atom. The van der Waals surface area contributed by atoms with Crippen LogP contribution in [0.1, 0.15) is 5.56 Å². The van der Waals surface area contributed by atoms with Crippen molar-refractivity contribution in [2.24, 2.45) is 0 Å². The van der Waals surface area contributed by atoms with Crippen molar-refractivity contribution in [3.05, 3.63) is 39.7 Å². The third-order valence-electron chi connectivity index (χ3n) is 3.26. The van der Waals surface area contributed by atoms with E-state index in [0.29, 0.717) is 18.7 Å². The Morgan fingerprint density at radius 3 is 2.85 bits per heavy atom. The van der Waals surface area contributed by atoms with Crippen molar-refractivity contribution >= 4 is 5.69 Å². The molecule has 6 nitrogen and oxygen atoms in total. The first-order valence-electron chi connectivity index (χ1n) is 6.60. The Kier molecular flexibility index (Phi) is 5.40. The van der Waals surface area contributed by atoms with Crippen LogP contribution in [0.2, 0.25) is 0 Å². The van der Waals surface area contributed by atoms with E-state index in [4.69, 9.17) is 4.74 Å². The summed E-state index contributed by atoms with van der Waals surface area (Å²) in [5.41, 5.74) is 0.322. The van der Waals surface area contributed by atoms with Gasteiger partial charge in [-0.3, -0.25) is 15.0 Å². The van der Waals surface area contributed by atoms with Crippen LogP contribution in [0.15, 0.2) is 18.2 Å². The molecule has 1 aromatic carbocycles. The molecule has 1 N–H and O–H groups in total. The Hall–Kier alpha value is -1.57. The fourth-order valence-corrected chi connectivity index (χ4v) is 2.16. The van der Waals surface area contributed by atoms with Crippen LogP contribution in [0, 0.1) is 15.9 Å². The molecule has 1 aliphatic rings. The Labute approximate surface area is 116 Å². The monoisotopic (exact) mass is 283 g/mol. The number of morpholine rings is 1. The van der Waals surface area contributed by atoms with Crippen LogP contribution < -0.4 is 5.32 Å². The van der Waals surface area contributed by atoms with Crippen molar-refractivity contribution in [2.45, 2.75) is 6.54 Å². The van der Waals surface area contributed by atoms with E-state index in [1.54, 1.807) is 0 Å². The van der Waals surface area contributed by atoms with Crippen LogP contribution in [0.4, 0.5) is 10.1 Å². The molecule has 1 aliphatic heterocycles. The van der Waals surface area contributed by atoms with E-state index < -0.39 is 10.7 Å². The number of nitrogens with one attached hydrogen (secondary N) is 1. The van der Waals surface area contributed by atoms with Gasteiger partial charge in [0, 0.05) is 44.4 Å². The normalized spacial score (nSPS) is 16.2. The van der Waals surface area contributed by atoms with Crippen molar-refractivity contribution < 1.29 is 14.1 Å². The minimum absolute atomic E-state index is 0.0507. The summed E-state index contributed by atoms with van der Waals surface area (Å²) >= 11 is 0. The maximum Gasteiger partial charge on any atom is 0.274 e. The van der Waals surface area contributed by atoms with Gasteiger partial charge < -0.3 is 10.1 Å². The Balaban J connectivity index is 1.81. The highest BCUT2D eigenvalue weighted by molar-refractivity contribution is 5.40. The summed E-state index contributed by atoms with van der Waals surface area (Å²) in [6.07, 6.45) is 0. The summed E-state index contributed by atoms with van der Waals surface area (Å²) in [6, 6.07) is 3.52. The lowest BCUT2D eigenvalue weighted by atomic mass is 10.1. The minimum atomic E-state index is -0.488. The lowest BCUT2D eigenvalue weighted by Crippen LogP contribution is -2.40. The summed E-state index contributed by atoms with van der Waals surface area (Å²) in [6.45, 7) is 5.15. The van der Waals surface area contributed by atoms with Crippen molar-refractivity contribution in [3.63, 3.8) is 0 Å². The van der Waals surface area contributed by atoms with Crippen LogP contribution in [0.5, 0.6) is 0 Å². The van der Waals surface area contributed by atoms with E-state index in [-0.39, 0.29) is 5.69 Å². The number of hydrogen-bond donors (Lipinski definition) is 1. The molecule has 0 amide bonds. The minimum Gasteiger partial charge on any atom is -0.379 e. The van der Waals surface area contributed by atoms with Crippen molar-refractivity contribution in [1.82, 2.24) is 10.2 Å². The maximum absolute atomic E-state index is 13.1. The Bertz CT molecular complexity index is 464. The van der Waals surface area contributed by atoms with Gasteiger partial charge in [-0.1, -0.05) is 0 Å². The van der Waals surface area contributed by atoms with Gasteiger partial charge in [-0.25, -0.2) is 4.39 Å². The second-order valence-electron chi connectivity index (χ2n) is 4.66. The first-order valence-corrected chi connectivity index (χ1v) is 6.60. The molecule has 0 aliphatic carbocycles. The molecule has 2 rings (SSSR count). The van der Waals surface area contributed by atoms with Gasteiger partial charge in [0.15, 0.2) is 0 Å². The summed E-state index contributed by atoms with van der Waals surface area (Å²) in [7, 11) is 0. The zero-order valence-corrected chi connectivity index (χ0v) is 11.2. The molecule has 0 saturated carbocycles. The molecule has 0 aromatic heterocycles. The van der Waals surface area contributed by atoms with Gasteiger partial charge in [0.25, 0.3) is 5.69 Å². The molecule has 0 radical (unpaired) electrons. The number of ether oxygens (including phenoxy) is 1. The van der Waals surface area contributed by atoms with E-state index in [2.05, 4.69) is 10.2 Å². The molecule has 7 heteroatoms. The maximum atomic E-state index is 13.1. The quantitative estimate of drug-likeness (QED) is 0.482. The zero-order chi connectivity index (χ0) is 14.4. The number of nitrogens with zero attached hydrogens (tertiary/aromatic N) is 2. The molecule has 1 heterocycles. The van der Waals surface area contributed by atoms with Gasteiger partial charge in [0.1, 0.15) is 5.82 Å². The molecule has 1 aromatic rings. The summed E-state index contributed by atoms with van der Waals surface area (Å²) in [5, 5.41) is 14.0. The van der Waals surface area contributed by atoms with E-state index in [0.717, 1.165) is 38.9 Å².